The second kappa shape index (κ2) is 5.89. The van der Waals surface area contributed by atoms with Gasteiger partial charge in [-0.05, 0) is 30.9 Å². The zero-order chi connectivity index (χ0) is 13.8. The van der Waals surface area contributed by atoms with E-state index in [0.29, 0.717) is 6.54 Å². The Morgan fingerprint density at radius 2 is 2.21 bits per heavy atom. The molecule has 0 spiro atoms. The number of carbonyl (C=O) groups excluding carboxylic acids is 1. The smallest absolute Gasteiger partial charge is 0.248 e. The lowest BCUT2D eigenvalue weighted by molar-refractivity contribution is -0.128. The van der Waals surface area contributed by atoms with E-state index in [1.807, 2.05) is 6.20 Å². The molecule has 0 fully saturated rings. The first kappa shape index (κ1) is 13.6. The fourth-order valence-electron chi connectivity index (χ4n) is 2.24. The van der Waals surface area contributed by atoms with Gasteiger partial charge in [0.05, 0.1) is 0 Å². The van der Waals surface area contributed by atoms with Gasteiger partial charge < -0.3 is 15.4 Å². The predicted octanol–water partition coefficient (Wildman–Crippen LogP) is 1.77. The van der Waals surface area contributed by atoms with Gasteiger partial charge in [-0.25, -0.2) is 0 Å². The number of benzene rings is 1. The molecule has 1 aromatic heterocycles. The van der Waals surface area contributed by atoms with Gasteiger partial charge in [-0.1, -0.05) is 25.1 Å². The van der Waals surface area contributed by atoms with Gasteiger partial charge in [0.25, 0.3) is 0 Å². The number of aromatic amines is 1. The van der Waals surface area contributed by atoms with Crippen molar-refractivity contribution in [1.82, 2.24) is 10.3 Å². The fourth-order valence-corrected chi connectivity index (χ4v) is 2.24. The van der Waals surface area contributed by atoms with E-state index in [9.17, 15) is 4.79 Å². The number of fused-ring (bicyclic) bond motifs is 1. The fraction of sp³-hybridized carbons (Fsp3) is 0.400. The largest absolute Gasteiger partial charge is 0.384 e. The van der Waals surface area contributed by atoms with E-state index in [-0.39, 0.29) is 5.91 Å². The lowest BCUT2D eigenvalue weighted by Crippen LogP contribution is -2.33. The Labute approximate surface area is 112 Å². The van der Waals surface area contributed by atoms with Crippen LogP contribution in [-0.2, 0) is 17.6 Å². The number of aromatic nitrogens is 1. The summed E-state index contributed by atoms with van der Waals surface area (Å²) in [6.07, 6.45) is 2.80. The Balaban J connectivity index is 2.08. The third kappa shape index (κ3) is 2.96. The molecule has 4 nitrogen and oxygen atoms in total. The van der Waals surface area contributed by atoms with Gasteiger partial charge >= 0.3 is 0 Å². The molecule has 4 heteroatoms. The molecule has 0 bridgehead atoms. The number of aliphatic hydroxyl groups is 1. The Kier molecular flexibility index (Phi) is 4.22. The Morgan fingerprint density at radius 1 is 1.42 bits per heavy atom. The Bertz CT molecular complexity index is 573. The van der Waals surface area contributed by atoms with Crippen LogP contribution in [0.1, 0.15) is 25.0 Å². The molecule has 3 N–H and O–H groups in total. The van der Waals surface area contributed by atoms with Crippen LogP contribution in [0.25, 0.3) is 10.9 Å². The molecule has 2 aromatic rings. The zero-order valence-electron chi connectivity index (χ0n) is 11.4. The highest BCUT2D eigenvalue weighted by Crippen LogP contribution is 2.22. The third-order valence-corrected chi connectivity index (χ3v) is 3.34. The number of rotatable bonds is 5. The van der Waals surface area contributed by atoms with Gasteiger partial charge in [-0.15, -0.1) is 0 Å². The summed E-state index contributed by atoms with van der Waals surface area (Å²) in [5.41, 5.74) is 3.68. The van der Waals surface area contributed by atoms with Crippen molar-refractivity contribution in [2.75, 3.05) is 6.54 Å². The van der Waals surface area contributed by atoms with Crippen LogP contribution in [0.3, 0.4) is 0 Å². The minimum absolute atomic E-state index is 0.325. The standard InChI is InChI=1S/C15H20N2O2/c1-3-11-5-4-6-13-12(9-17-14(11)13)7-8-16-15(19)10(2)18/h4-6,9-10,17-18H,3,7-8H2,1-2H3,(H,16,19). The number of amides is 1. The van der Waals surface area contributed by atoms with Crippen LogP contribution in [0.5, 0.6) is 0 Å². The van der Waals surface area contributed by atoms with E-state index < -0.39 is 6.10 Å². The average molecular weight is 260 g/mol. The quantitative estimate of drug-likeness (QED) is 0.767. The van der Waals surface area contributed by atoms with Crippen LogP contribution in [0.4, 0.5) is 0 Å². The van der Waals surface area contributed by atoms with Crippen LogP contribution in [0, 0.1) is 0 Å². The van der Waals surface area contributed by atoms with Crippen molar-refractivity contribution in [3.05, 3.63) is 35.5 Å². The highest BCUT2D eigenvalue weighted by molar-refractivity contribution is 5.86. The van der Waals surface area contributed by atoms with E-state index in [0.717, 1.165) is 12.8 Å². The number of aliphatic hydroxyl groups excluding tert-OH is 1. The maximum absolute atomic E-state index is 11.3. The summed E-state index contributed by atoms with van der Waals surface area (Å²) < 4.78 is 0. The summed E-state index contributed by atoms with van der Waals surface area (Å²) in [5.74, 6) is -0.325. The van der Waals surface area contributed by atoms with Crippen molar-refractivity contribution in [3.63, 3.8) is 0 Å². The summed E-state index contributed by atoms with van der Waals surface area (Å²) in [4.78, 5) is 14.6. The zero-order valence-corrected chi connectivity index (χ0v) is 11.4. The highest BCUT2D eigenvalue weighted by Gasteiger charge is 2.09. The van der Waals surface area contributed by atoms with Crippen molar-refractivity contribution in [2.45, 2.75) is 32.8 Å². The van der Waals surface area contributed by atoms with Crippen molar-refractivity contribution >= 4 is 16.8 Å². The molecule has 1 aromatic carbocycles. The van der Waals surface area contributed by atoms with Crippen LogP contribution >= 0.6 is 0 Å². The van der Waals surface area contributed by atoms with Crippen molar-refractivity contribution in [3.8, 4) is 0 Å². The monoisotopic (exact) mass is 260 g/mol. The maximum Gasteiger partial charge on any atom is 0.248 e. The lowest BCUT2D eigenvalue weighted by atomic mass is 10.1. The number of hydrogen-bond acceptors (Lipinski definition) is 2. The van der Waals surface area contributed by atoms with Crippen LogP contribution in [0.15, 0.2) is 24.4 Å². The minimum Gasteiger partial charge on any atom is -0.384 e. The normalized spacial score (nSPS) is 12.6. The molecular weight excluding hydrogens is 240 g/mol. The topological polar surface area (TPSA) is 65.1 Å². The first-order chi connectivity index (χ1) is 9.13. The van der Waals surface area contributed by atoms with Crippen molar-refractivity contribution in [1.29, 1.82) is 0 Å². The molecule has 0 aliphatic rings. The summed E-state index contributed by atoms with van der Waals surface area (Å²) in [6.45, 7) is 4.14. The first-order valence-corrected chi connectivity index (χ1v) is 6.67. The highest BCUT2D eigenvalue weighted by atomic mass is 16.3. The van der Waals surface area contributed by atoms with Crippen molar-refractivity contribution in [2.24, 2.45) is 0 Å². The van der Waals surface area contributed by atoms with Gasteiger partial charge in [0.1, 0.15) is 6.10 Å². The van der Waals surface area contributed by atoms with E-state index in [4.69, 9.17) is 5.11 Å². The predicted molar refractivity (Wildman–Crippen MR) is 76.1 cm³/mol. The maximum atomic E-state index is 11.3. The summed E-state index contributed by atoms with van der Waals surface area (Å²) in [7, 11) is 0. The molecule has 1 heterocycles. The number of hydrogen-bond donors (Lipinski definition) is 3. The summed E-state index contributed by atoms with van der Waals surface area (Å²) in [5, 5.41) is 13.0. The van der Waals surface area contributed by atoms with Gasteiger partial charge in [0, 0.05) is 23.6 Å². The average Bonchev–Trinajstić information content (AvgIpc) is 2.81. The van der Waals surface area contributed by atoms with Gasteiger partial charge in [-0.2, -0.15) is 0 Å². The summed E-state index contributed by atoms with van der Waals surface area (Å²) >= 11 is 0. The second-order valence-corrected chi connectivity index (χ2v) is 4.72. The van der Waals surface area contributed by atoms with Gasteiger partial charge in [0.15, 0.2) is 0 Å². The molecule has 102 valence electrons. The molecule has 19 heavy (non-hydrogen) atoms. The molecule has 0 saturated carbocycles. The van der Waals surface area contributed by atoms with Crippen molar-refractivity contribution < 1.29 is 9.90 Å². The molecule has 1 atom stereocenters. The number of para-hydroxylation sites is 1. The number of aryl methyl sites for hydroxylation is 1. The summed E-state index contributed by atoms with van der Waals surface area (Å²) in [6, 6.07) is 6.28. The number of nitrogens with one attached hydrogen (secondary N) is 2. The molecule has 1 unspecified atom stereocenters. The third-order valence-electron chi connectivity index (χ3n) is 3.34. The van der Waals surface area contributed by atoms with Crippen LogP contribution in [0.2, 0.25) is 0 Å². The van der Waals surface area contributed by atoms with E-state index in [1.54, 1.807) is 0 Å². The molecule has 0 saturated heterocycles. The first-order valence-electron chi connectivity index (χ1n) is 6.67. The van der Waals surface area contributed by atoms with E-state index in [1.165, 1.54) is 29.0 Å². The Hall–Kier alpha value is -1.81. The van der Waals surface area contributed by atoms with Crippen LogP contribution in [-0.4, -0.2) is 28.6 Å². The SMILES string of the molecule is CCc1cccc2c(CCNC(=O)C(C)O)c[nH]c12. The molecule has 1 amide bonds. The van der Waals surface area contributed by atoms with E-state index in [2.05, 4.69) is 35.4 Å². The molecule has 0 aliphatic heterocycles. The van der Waals surface area contributed by atoms with E-state index >= 15 is 0 Å². The minimum atomic E-state index is -0.949. The molecule has 0 aliphatic carbocycles. The van der Waals surface area contributed by atoms with Crippen LogP contribution < -0.4 is 5.32 Å². The molecule has 0 radical (unpaired) electrons. The van der Waals surface area contributed by atoms with Gasteiger partial charge in [0.2, 0.25) is 5.91 Å². The number of carbonyl (C=O) groups is 1. The number of H-pyrrole nitrogens is 1. The molecule has 2 rings (SSSR count). The second-order valence-electron chi connectivity index (χ2n) is 4.72. The lowest BCUT2D eigenvalue weighted by Gasteiger charge is -2.06. The van der Waals surface area contributed by atoms with Gasteiger partial charge in [-0.3, -0.25) is 4.79 Å². The Morgan fingerprint density at radius 3 is 2.89 bits per heavy atom. The molecular formula is C15H20N2O2.